The van der Waals surface area contributed by atoms with Gasteiger partial charge in [-0.25, -0.2) is 4.79 Å². The van der Waals surface area contributed by atoms with E-state index in [0.717, 1.165) is 5.56 Å². The van der Waals surface area contributed by atoms with E-state index in [1.54, 1.807) is 0 Å². The normalized spacial score (nSPS) is 21.1. The van der Waals surface area contributed by atoms with Gasteiger partial charge in [-0.3, -0.25) is 9.59 Å². The average molecular weight is 350 g/mol. The Hall–Kier alpha value is -2.45. The summed E-state index contributed by atoms with van der Waals surface area (Å²) in [6, 6.07) is 7.36. The Morgan fingerprint density at radius 2 is 1.92 bits per heavy atom. The van der Waals surface area contributed by atoms with Crippen LogP contribution in [0.2, 0.25) is 0 Å². The first-order valence-corrected chi connectivity index (χ1v) is 8.04. The van der Waals surface area contributed by atoms with Crippen LogP contribution in [0.3, 0.4) is 0 Å². The van der Waals surface area contributed by atoms with Crippen molar-refractivity contribution in [3.63, 3.8) is 0 Å². The van der Waals surface area contributed by atoms with Crippen LogP contribution in [0.1, 0.15) is 24.8 Å². The molecule has 1 amide bonds. The minimum absolute atomic E-state index is 0.0352. The number of likely N-dealkylation sites (tertiary alicyclic amines) is 1. The minimum Gasteiger partial charge on any atom is -0.480 e. The fourth-order valence-corrected chi connectivity index (χ4v) is 2.76. The molecular weight excluding hydrogens is 328 g/mol. The van der Waals surface area contributed by atoms with Crippen molar-refractivity contribution in [1.82, 2.24) is 4.90 Å². The van der Waals surface area contributed by atoms with Crippen molar-refractivity contribution < 1.29 is 29.3 Å². The number of amides is 1. The Labute approximate surface area is 145 Å². The quantitative estimate of drug-likeness (QED) is 0.620. The zero-order valence-electron chi connectivity index (χ0n) is 13.7. The van der Waals surface area contributed by atoms with Crippen LogP contribution < -0.4 is 5.73 Å². The van der Waals surface area contributed by atoms with Gasteiger partial charge in [0.25, 0.3) is 0 Å². The first kappa shape index (κ1) is 18.9. The molecule has 1 aromatic rings. The zero-order chi connectivity index (χ0) is 18.4. The largest absolute Gasteiger partial charge is 0.480 e. The highest BCUT2D eigenvalue weighted by atomic mass is 16.5. The van der Waals surface area contributed by atoms with E-state index >= 15 is 0 Å². The highest BCUT2D eigenvalue weighted by molar-refractivity contribution is 5.85. The van der Waals surface area contributed by atoms with Gasteiger partial charge in [0.05, 0.1) is 12.7 Å². The maximum atomic E-state index is 12.3. The van der Waals surface area contributed by atoms with Crippen molar-refractivity contribution in [2.45, 2.75) is 44.1 Å². The van der Waals surface area contributed by atoms with Gasteiger partial charge in [0.1, 0.15) is 12.1 Å². The van der Waals surface area contributed by atoms with Gasteiger partial charge < -0.3 is 25.6 Å². The van der Waals surface area contributed by atoms with E-state index in [4.69, 9.17) is 15.6 Å². The molecule has 0 bridgehead atoms. The van der Waals surface area contributed by atoms with Gasteiger partial charge in [-0.15, -0.1) is 0 Å². The minimum atomic E-state index is -1.19. The molecule has 4 N–H and O–H groups in total. The Kier molecular flexibility index (Phi) is 6.49. The van der Waals surface area contributed by atoms with Crippen LogP contribution in [0.5, 0.6) is 0 Å². The lowest BCUT2D eigenvalue weighted by atomic mass is 10.1. The number of carboxylic acid groups (broad SMARTS) is 2. The third-order valence-electron chi connectivity index (χ3n) is 4.18. The number of aliphatic carboxylic acids is 2. The lowest BCUT2D eigenvalue weighted by molar-refractivity contribution is -0.148. The summed E-state index contributed by atoms with van der Waals surface area (Å²) in [4.78, 5) is 35.6. The van der Waals surface area contributed by atoms with Crippen molar-refractivity contribution in [3.05, 3.63) is 35.9 Å². The van der Waals surface area contributed by atoms with Crippen molar-refractivity contribution in [1.29, 1.82) is 0 Å². The zero-order valence-corrected chi connectivity index (χ0v) is 13.7. The van der Waals surface area contributed by atoms with Crippen LogP contribution in [-0.2, 0) is 25.7 Å². The molecule has 0 radical (unpaired) electrons. The fourth-order valence-electron chi connectivity index (χ4n) is 2.76. The highest BCUT2D eigenvalue weighted by Gasteiger charge is 2.40. The molecule has 8 heteroatoms. The summed E-state index contributed by atoms with van der Waals surface area (Å²) in [5, 5.41) is 18.1. The molecule has 2 rings (SSSR count). The first-order valence-electron chi connectivity index (χ1n) is 8.04. The third kappa shape index (κ3) is 5.27. The molecule has 0 saturated carbocycles. The Balaban J connectivity index is 1.91. The molecule has 1 aliphatic heterocycles. The standard InChI is InChI=1S/C17H22N2O6/c18-13(16(21)22)6-7-15(20)19-9-12(8-14(19)17(23)24)25-10-11-4-2-1-3-5-11/h1-5,12-14H,6-10,18H2,(H,21,22)(H,23,24). The summed E-state index contributed by atoms with van der Waals surface area (Å²) in [5.74, 6) is -2.70. The van der Waals surface area contributed by atoms with E-state index in [1.807, 2.05) is 30.3 Å². The third-order valence-corrected chi connectivity index (χ3v) is 4.18. The SMILES string of the molecule is NC(CCC(=O)N1CC(OCc2ccccc2)CC1C(=O)O)C(=O)O. The van der Waals surface area contributed by atoms with E-state index in [9.17, 15) is 19.5 Å². The monoisotopic (exact) mass is 350 g/mol. The van der Waals surface area contributed by atoms with E-state index < -0.39 is 29.9 Å². The number of carbonyl (C=O) groups excluding carboxylic acids is 1. The van der Waals surface area contributed by atoms with Gasteiger partial charge in [0.2, 0.25) is 5.91 Å². The second-order valence-electron chi connectivity index (χ2n) is 6.04. The molecule has 3 atom stereocenters. The maximum Gasteiger partial charge on any atom is 0.326 e. The van der Waals surface area contributed by atoms with Crippen molar-refractivity contribution in [3.8, 4) is 0 Å². The van der Waals surface area contributed by atoms with Crippen LogP contribution in [0, 0.1) is 0 Å². The number of hydrogen-bond acceptors (Lipinski definition) is 5. The Bertz CT molecular complexity index is 621. The number of carbonyl (C=O) groups is 3. The van der Waals surface area contributed by atoms with Gasteiger partial charge in [-0.1, -0.05) is 30.3 Å². The number of hydrogen-bond donors (Lipinski definition) is 3. The smallest absolute Gasteiger partial charge is 0.326 e. The lowest BCUT2D eigenvalue weighted by Gasteiger charge is -2.21. The van der Waals surface area contributed by atoms with Gasteiger partial charge in [0.15, 0.2) is 0 Å². The van der Waals surface area contributed by atoms with Gasteiger partial charge >= 0.3 is 11.9 Å². The molecule has 3 unspecified atom stereocenters. The number of rotatable bonds is 8. The van der Waals surface area contributed by atoms with Gasteiger partial charge in [0, 0.05) is 19.4 Å². The van der Waals surface area contributed by atoms with Crippen LogP contribution in [0.4, 0.5) is 0 Å². The Morgan fingerprint density at radius 3 is 2.52 bits per heavy atom. The first-order chi connectivity index (χ1) is 11.9. The van der Waals surface area contributed by atoms with E-state index in [2.05, 4.69) is 0 Å². The molecule has 8 nitrogen and oxygen atoms in total. The summed E-state index contributed by atoms with van der Waals surface area (Å²) < 4.78 is 5.74. The summed E-state index contributed by atoms with van der Waals surface area (Å²) in [6.07, 6.45) is -0.313. The number of carboxylic acids is 2. The van der Waals surface area contributed by atoms with Crippen molar-refractivity contribution in [2.75, 3.05) is 6.54 Å². The maximum absolute atomic E-state index is 12.3. The predicted octanol–water partition coefficient (Wildman–Crippen LogP) is 0.449. The van der Waals surface area contributed by atoms with Crippen LogP contribution in [0.15, 0.2) is 30.3 Å². The van der Waals surface area contributed by atoms with E-state index in [0.29, 0.717) is 6.61 Å². The van der Waals surface area contributed by atoms with Gasteiger partial charge in [-0.05, 0) is 12.0 Å². The number of ether oxygens (including phenoxy) is 1. The molecule has 0 aliphatic carbocycles. The van der Waals surface area contributed by atoms with Crippen molar-refractivity contribution >= 4 is 17.8 Å². The molecule has 136 valence electrons. The molecular formula is C17H22N2O6. The van der Waals surface area contributed by atoms with Crippen LogP contribution in [-0.4, -0.2) is 57.7 Å². The molecule has 1 aromatic carbocycles. The molecule has 0 aromatic heterocycles. The fraction of sp³-hybridized carbons (Fsp3) is 0.471. The van der Waals surface area contributed by atoms with Crippen LogP contribution >= 0.6 is 0 Å². The highest BCUT2D eigenvalue weighted by Crippen LogP contribution is 2.23. The molecule has 1 heterocycles. The second kappa shape index (κ2) is 8.59. The lowest BCUT2D eigenvalue weighted by Crippen LogP contribution is -2.41. The van der Waals surface area contributed by atoms with Crippen molar-refractivity contribution in [2.24, 2.45) is 5.73 Å². The number of nitrogens with zero attached hydrogens (tertiary/aromatic N) is 1. The topological polar surface area (TPSA) is 130 Å². The van der Waals surface area contributed by atoms with E-state index in [1.165, 1.54) is 4.90 Å². The number of nitrogens with two attached hydrogens (primary N) is 1. The number of benzene rings is 1. The summed E-state index contributed by atoms with van der Waals surface area (Å²) in [5.41, 5.74) is 6.35. The van der Waals surface area contributed by atoms with Crippen LogP contribution in [0.25, 0.3) is 0 Å². The molecule has 1 saturated heterocycles. The summed E-state index contributed by atoms with van der Waals surface area (Å²) in [6.45, 7) is 0.509. The van der Waals surface area contributed by atoms with Gasteiger partial charge in [-0.2, -0.15) is 0 Å². The molecule has 1 aliphatic rings. The predicted molar refractivity (Wildman–Crippen MR) is 87.6 cm³/mol. The summed E-state index contributed by atoms with van der Waals surface area (Å²) in [7, 11) is 0. The average Bonchev–Trinajstić information content (AvgIpc) is 3.03. The second-order valence-corrected chi connectivity index (χ2v) is 6.04. The summed E-state index contributed by atoms with van der Waals surface area (Å²) >= 11 is 0. The molecule has 25 heavy (non-hydrogen) atoms. The Morgan fingerprint density at radius 1 is 1.24 bits per heavy atom. The molecule has 0 spiro atoms. The van der Waals surface area contributed by atoms with E-state index in [-0.39, 0.29) is 31.9 Å². The molecule has 1 fully saturated rings.